The maximum Gasteiger partial charge on any atom is 0.269 e. The highest BCUT2D eigenvalue weighted by Gasteiger charge is 2.43. The fraction of sp³-hybridized carbons (Fsp3) is 0.375. The average molecular weight is 472 g/mol. The van der Waals surface area contributed by atoms with Gasteiger partial charge in [-0.15, -0.1) is 0 Å². The van der Waals surface area contributed by atoms with Gasteiger partial charge in [0.05, 0.1) is 5.56 Å². The summed E-state index contributed by atoms with van der Waals surface area (Å²) in [4.78, 5) is 40.0. The molecule has 2 aromatic carbocycles. The van der Waals surface area contributed by atoms with Crippen LogP contribution in [0.3, 0.4) is 0 Å². The molecule has 0 spiro atoms. The summed E-state index contributed by atoms with van der Waals surface area (Å²) in [6.45, 7) is 5.45. The van der Waals surface area contributed by atoms with Crippen LogP contribution in [0.2, 0.25) is 0 Å². The molecule has 0 saturated carbocycles. The fourth-order valence-electron chi connectivity index (χ4n) is 3.73. The van der Waals surface area contributed by atoms with Gasteiger partial charge < -0.3 is 10.2 Å². The van der Waals surface area contributed by atoms with E-state index in [0.717, 1.165) is 24.0 Å². The molecule has 1 aliphatic heterocycles. The Morgan fingerprint density at radius 2 is 1.85 bits per heavy atom. The Labute approximate surface area is 194 Å². The molecular weight excluding hydrogens is 442 g/mol. The van der Waals surface area contributed by atoms with Crippen LogP contribution < -0.4 is 5.32 Å². The standard InChI is InChI=1S/C24H29N3O5S/c1-4-5-13-25-23(29)18(3)26(15-19-10-8-9-17(2)14-19)22(28)16-27-24(30)20-11-6-7-12-21(20)33(27,31)32/h6-12,14,18H,4-5,13,15-16H2,1-3H3,(H,25,29)/t18-/m0/s1. The average Bonchev–Trinajstić information content (AvgIpc) is 2.98. The lowest BCUT2D eigenvalue weighted by molar-refractivity contribution is -0.140. The second-order valence-electron chi connectivity index (χ2n) is 8.14. The third kappa shape index (κ3) is 5.24. The van der Waals surface area contributed by atoms with Gasteiger partial charge in [-0.05, 0) is 38.0 Å². The van der Waals surface area contributed by atoms with Crippen molar-refractivity contribution in [2.75, 3.05) is 13.1 Å². The molecule has 33 heavy (non-hydrogen) atoms. The van der Waals surface area contributed by atoms with Crippen molar-refractivity contribution in [3.8, 4) is 0 Å². The zero-order valence-corrected chi connectivity index (χ0v) is 19.9. The van der Waals surface area contributed by atoms with E-state index in [1.54, 1.807) is 13.0 Å². The molecule has 1 atom stereocenters. The zero-order chi connectivity index (χ0) is 24.2. The summed E-state index contributed by atoms with van der Waals surface area (Å²) < 4.78 is 26.4. The van der Waals surface area contributed by atoms with Gasteiger partial charge in [0.15, 0.2) is 0 Å². The minimum Gasteiger partial charge on any atom is -0.354 e. The summed E-state index contributed by atoms with van der Waals surface area (Å²) >= 11 is 0. The van der Waals surface area contributed by atoms with Gasteiger partial charge in [0.2, 0.25) is 11.8 Å². The molecule has 176 valence electrons. The smallest absolute Gasteiger partial charge is 0.269 e. The number of sulfonamides is 1. The van der Waals surface area contributed by atoms with Crippen molar-refractivity contribution < 1.29 is 22.8 Å². The van der Waals surface area contributed by atoms with Crippen LogP contribution >= 0.6 is 0 Å². The van der Waals surface area contributed by atoms with E-state index in [4.69, 9.17) is 0 Å². The van der Waals surface area contributed by atoms with Gasteiger partial charge >= 0.3 is 0 Å². The first-order chi connectivity index (χ1) is 15.7. The SMILES string of the molecule is CCCCNC(=O)[C@H](C)N(Cc1cccc(C)c1)C(=O)CN1C(=O)c2ccccc2S1(=O)=O. The van der Waals surface area contributed by atoms with Crippen molar-refractivity contribution in [2.24, 2.45) is 0 Å². The number of nitrogens with one attached hydrogen (secondary N) is 1. The Hall–Kier alpha value is -3.20. The fourth-order valence-corrected chi connectivity index (χ4v) is 5.25. The highest BCUT2D eigenvalue weighted by Crippen LogP contribution is 2.30. The number of amides is 3. The Kier molecular flexibility index (Phi) is 7.53. The minimum absolute atomic E-state index is 0.0425. The molecule has 0 saturated heterocycles. The Bertz CT molecular complexity index is 1160. The Balaban J connectivity index is 1.86. The molecule has 1 heterocycles. The van der Waals surface area contributed by atoms with Crippen LogP contribution in [0.15, 0.2) is 53.4 Å². The predicted octanol–water partition coefficient (Wildman–Crippen LogP) is 2.47. The molecule has 0 radical (unpaired) electrons. The lowest BCUT2D eigenvalue weighted by atomic mass is 10.1. The van der Waals surface area contributed by atoms with Crippen molar-refractivity contribution in [2.45, 2.75) is 51.1 Å². The quantitative estimate of drug-likeness (QED) is 0.566. The molecule has 1 aliphatic rings. The molecule has 0 fully saturated rings. The van der Waals surface area contributed by atoms with E-state index >= 15 is 0 Å². The van der Waals surface area contributed by atoms with Crippen LogP contribution in [0.25, 0.3) is 0 Å². The van der Waals surface area contributed by atoms with Crippen molar-refractivity contribution in [1.82, 2.24) is 14.5 Å². The molecule has 2 aromatic rings. The summed E-state index contributed by atoms with van der Waals surface area (Å²) in [5, 5.41) is 2.82. The first-order valence-electron chi connectivity index (χ1n) is 11.0. The lowest BCUT2D eigenvalue weighted by Crippen LogP contribution is -2.51. The third-order valence-electron chi connectivity index (χ3n) is 5.62. The van der Waals surface area contributed by atoms with Crippen molar-refractivity contribution >= 4 is 27.7 Å². The van der Waals surface area contributed by atoms with E-state index in [-0.39, 0.29) is 22.9 Å². The van der Waals surface area contributed by atoms with Gasteiger partial charge in [-0.25, -0.2) is 12.7 Å². The number of benzene rings is 2. The van der Waals surface area contributed by atoms with Crippen molar-refractivity contribution in [3.05, 3.63) is 65.2 Å². The highest BCUT2D eigenvalue weighted by atomic mass is 32.2. The molecule has 3 amide bonds. The number of hydrogen-bond acceptors (Lipinski definition) is 5. The van der Waals surface area contributed by atoms with E-state index in [1.807, 2.05) is 38.1 Å². The molecule has 0 unspecified atom stereocenters. The van der Waals surface area contributed by atoms with E-state index in [9.17, 15) is 22.8 Å². The first kappa shape index (κ1) is 24.4. The number of nitrogens with zero attached hydrogens (tertiary/aromatic N) is 2. The van der Waals surface area contributed by atoms with Crippen LogP contribution in [0.4, 0.5) is 0 Å². The zero-order valence-electron chi connectivity index (χ0n) is 19.1. The summed E-state index contributed by atoms with van der Waals surface area (Å²) in [5.74, 6) is -1.70. The van der Waals surface area contributed by atoms with Gasteiger partial charge in [-0.1, -0.05) is 55.3 Å². The van der Waals surface area contributed by atoms with Gasteiger partial charge in [-0.2, -0.15) is 0 Å². The maximum absolute atomic E-state index is 13.3. The van der Waals surface area contributed by atoms with Gasteiger partial charge in [0.1, 0.15) is 17.5 Å². The lowest BCUT2D eigenvalue weighted by Gasteiger charge is -2.30. The number of rotatable bonds is 9. The third-order valence-corrected chi connectivity index (χ3v) is 7.41. The molecule has 3 rings (SSSR count). The highest BCUT2D eigenvalue weighted by molar-refractivity contribution is 7.90. The van der Waals surface area contributed by atoms with Crippen LogP contribution in [-0.4, -0.2) is 54.5 Å². The molecule has 0 aliphatic carbocycles. The van der Waals surface area contributed by atoms with Crippen LogP contribution in [0.1, 0.15) is 48.2 Å². The Morgan fingerprint density at radius 3 is 2.52 bits per heavy atom. The first-order valence-corrected chi connectivity index (χ1v) is 12.4. The molecule has 0 bridgehead atoms. The summed E-state index contributed by atoms with van der Waals surface area (Å²) in [5.41, 5.74) is 1.84. The van der Waals surface area contributed by atoms with Crippen LogP contribution in [0, 0.1) is 6.92 Å². The van der Waals surface area contributed by atoms with E-state index in [1.165, 1.54) is 23.1 Å². The predicted molar refractivity (Wildman–Crippen MR) is 124 cm³/mol. The molecule has 1 N–H and O–H groups in total. The van der Waals surface area contributed by atoms with Gasteiger partial charge in [-0.3, -0.25) is 14.4 Å². The number of fused-ring (bicyclic) bond motifs is 1. The molecule has 9 heteroatoms. The van der Waals surface area contributed by atoms with Gasteiger partial charge in [0, 0.05) is 13.1 Å². The summed E-state index contributed by atoms with van der Waals surface area (Å²) in [7, 11) is -4.13. The second kappa shape index (κ2) is 10.2. The normalized spacial score (nSPS) is 15.1. The van der Waals surface area contributed by atoms with Crippen molar-refractivity contribution in [3.63, 3.8) is 0 Å². The minimum atomic E-state index is -4.13. The molecular formula is C24H29N3O5S. The monoisotopic (exact) mass is 471 g/mol. The van der Waals surface area contributed by atoms with Crippen LogP contribution in [0.5, 0.6) is 0 Å². The number of unbranched alkanes of at least 4 members (excludes halogenated alkanes) is 1. The number of aryl methyl sites for hydroxylation is 1. The van der Waals surface area contributed by atoms with E-state index in [0.29, 0.717) is 10.8 Å². The van der Waals surface area contributed by atoms with Crippen LogP contribution in [-0.2, 0) is 26.2 Å². The summed E-state index contributed by atoms with van der Waals surface area (Å²) in [6, 6.07) is 12.5. The number of carbonyl (C=O) groups excluding carboxylic acids is 3. The Morgan fingerprint density at radius 1 is 1.12 bits per heavy atom. The van der Waals surface area contributed by atoms with E-state index < -0.39 is 34.4 Å². The van der Waals surface area contributed by atoms with Crippen molar-refractivity contribution in [1.29, 1.82) is 0 Å². The maximum atomic E-state index is 13.3. The number of hydrogen-bond donors (Lipinski definition) is 1. The molecule has 0 aromatic heterocycles. The van der Waals surface area contributed by atoms with E-state index in [2.05, 4.69) is 5.32 Å². The largest absolute Gasteiger partial charge is 0.354 e. The van der Waals surface area contributed by atoms with Gasteiger partial charge in [0.25, 0.3) is 15.9 Å². The molecule has 8 nitrogen and oxygen atoms in total. The number of carbonyl (C=O) groups is 3. The second-order valence-corrected chi connectivity index (χ2v) is 9.97. The summed E-state index contributed by atoms with van der Waals surface area (Å²) in [6.07, 6.45) is 1.72. The topological polar surface area (TPSA) is 104 Å².